The van der Waals surface area contributed by atoms with Crippen LogP contribution in [0.1, 0.15) is 70.6 Å². The van der Waals surface area contributed by atoms with Crippen LogP contribution in [0.4, 0.5) is 0 Å². The Morgan fingerprint density at radius 3 is 2.07 bits per heavy atom. The van der Waals surface area contributed by atoms with Crippen LogP contribution in [0.2, 0.25) is 0 Å². The molecule has 3 aliphatic carbocycles. The van der Waals surface area contributed by atoms with Crippen molar-refractivity contribution in [2.75, 3.05) is 26.2 Å². The fourth-order valence-electron chi connectivity index (χ4n) is 5.51. The standard InChI is InChI=1S/C22H36N4O2/c23-16-22(10-11-22)24-20(27)18-8-4-5-9-19(18)21(28)26-14-12-25(13-15-26)17-6-2-1-3-7-17/h16-19,23H,1-15H2,(H,24,27)/t18-,19-/m1/s1. The van der Waals surface area contributed by atoms with Gasteiger partial charge in [-0.05, 0) is 38.5 Å². The molecule has 4 aliphatic rings. The van der Waals surface area contributed by atoms with Gasteiger partial charge in [-0.25, -0.2) is 0 Å². The van der Waals surface area contributed by atoms with Crippen LogP contribution in [0.5, 0.6) is 0 Å². The highest BCUT2D eigenvalue weighted by atomic mass is 16.2. The molecule has 0 aromatic heterocycles. The second-order valence-corrected chi connectivity index (χ2v) is 9.44. The third kappa shape index (κ3) is 4.27. The zero-order valence-corrected chi connectivity index (χ0v) is 17.1. The normalized spacial score (nSPS) is 31.2. The van der Waals surface area contributed by atoms with Crippen LogP contribution in [0, 0.1) is 17.2 Å². The predicted octanol–water partition coefficient (Wildman–Crippen LogP) is 2.57. The molecular weight excluding hydrogens is 352 g/mol. The zero-order valence-electron chi connectivity index (χ0n) is 17.1. The van der Waals surface area contributed by atoms with E-state index in [9.17, 15) is 9.59 Å². The summed E-state index contributed by atoms with van der Waals surface area (Å²) in [5.74, 6) is -0.186. The molecule has 28 heavy (non-hydrogen) atoms. The molecule has 0 bridgehead atoms. The van der Waals surface area contributed by atoms with E-state index in [1.807, 2.05) is 4.90 Å². The number of piperazine rings is 1. The second kappa shape index (κ2) is 8.52. The van der Waals surface area contributed by atoms with Crippen molar-refractivity contribution >= 4 is 18.0 Å². The molecule has 4 fully saturated rings. The molecule has 6 nitrogen and oxygen atoms in total. The maximum Gasteiger partial charge on any atom is 0.226 e. The van der Waals surface area contributed by atoms with Crippen molar-refractivity contribution in [2.24, 2.45) is 11.8 Å². The van der Waals surface area contributed by atoms with E-state index < -0.39 is 5.54 Å². The molecule has 1 saturated heterocycles. The van der Waals surface area contributed by atoms with Crippen LogP contribution in [0.3, 0.4) is 0 Å². The SMILES string of the molecule is N=CC1(NC(=O)[C@@H]2CCCC[C@H]2C(=O)N2CCN(C3CCCCC3)CC2)CC1. The van der Waals surface area contributed by atoms with Gasteiger partial charge in [0.2, 0.25) is 11.8 Å². The van der Waals surface area contributed by atoms with Crippen molar-refractivity contribution < 1.29 is 9.59 Å². The minimum atomic E-state index is -0.409. The monoisotopic (exact) mass is 388 g/mol. The molecule has 3 saturated carbocycles. The van der Waals surface area contributed by atoms with Crippen molar-refractivity contribution in [3.8, 4) is 0 Å². The van der Waals surface area contributed by atoms with E-state index in [1.54, 1.807) is 0 Å². The van der Waals surface area contributed by atoms with Gasteiger partial charge in [-0.15, -0.1) is 0 Å². The Bertz CT molecular complexity index is 589. The van der Waals surface area contributed by atoms with Gasteiger partial charge in [-0.3, -0.25) is 14.5 Å². The van der Waals surface area contributed by atoms with Crippen LogP contribution >= 0.6 is 0 Å². The summed E-state index contributed by atoms with van der Waals surface area (Å²) in [5.41, 5.74) is -0.409. The lowest BCUT2D eigenvalue weighted by atomic mass is 9.77. The van der Waals surface area contributed by atoms with Gasteiger partial charge in [0.25, 0.3) is 0 Å². The van der Waals surface area contributed by atoms with Gasteiger partial charge in [0.15, 0.2) is 0 Å². The third-order valence-corrected chi connectivity index (χ3v) is 7.57. The summed E-state index contributed by atoms with van der Waals surface area (Å²) in [6, 6.07) is 0.718. The summed E-state index contributed by atoms with van der Waals surface area (Å²) in [6.07, 6.45) is 13.5. The Hall–Kier alpha value is -1.43. The van der Waals surface area contributed by atoms with E-state index in [1.165, 1.54) is 38.3 Å². The van der Waals surface area contributed by atoms with Crippen molar-refractivity contribution in [3.63, 3.8) is 0 Å². The molecule has 0 aromatic carbocycles. The summed E-state index contributed by atoms with van der Waals surface area (Å²) in [5, 5.41) is 10.6. The summed E-state index contributed by atoms with van der Waals surface area (Å²) >= 11 is 0. The number of carbonyl (C=O) groups is 2. The molecule has 6 heteroatoms. The smallest absolute Gasteiger partial charge is 0.226 e. The van der Waals surface area contributed by atoms with E-state index in [2.05, 4.69) is 10.2 Å². The Balaban J connectivity index is 1.33. The molecule has 2 atom stereocenters. The average Bonchev–Trinajstić information content (AvgIpc) is 3.54. The van der Waals surface area contributed by atoms with Crippen molar-refractivity contribution in [2.45, 2.75) is 82.2 Å². The maximum atomic E-state index is 13.3. The molecule has 4 rings (SSSR count). The lowest BCUT2D eigenvalue weighted by molar-refractivity contribution is -0.145. The lowest BCUT2D eigenvalue weighted by Gasteiger charge is -2.42. The van der Waals surface area contributed by atoms with Gasteiger partial charge in [0, 0.05) is 50.3 Å². The fourth-order valence-corrected chi connectivity index (χ4v) is 5.51. The molecular formula is C22H36N4O2. The van der Waals surface area contributed by atoms with Crippen LogP contribution in [0.25, 0.3) is 0 Å². The molecule has 1 heterocycles. The predicted molar refractivity (Wildman–Crippen MR) is 109 cm³/mol. The number of hydrogen-bond donors (Lipinski definition) is 2. The zero-order chi connectivity index (χ0) is 19.6. The second-order valence-electron chi connectivity index (χ2n) is 9.44. The number of rotatable bonds is 5. The molecule has 0 radical (unpaired) electrons. The van der Waals surface area contributed by atoms with Crippen LogP contribution < -0.4 is 5.32 Å². The first-order valence-electron chi connectivity index (χ1n) is 11.5. The number of nitrogens with one attached hydrogen (secondary N) is 2. The molecule has 2 amide bonds. The first kappa shape index (κ1) is 19.9. The summed E-state index contributed by atoms with van der Waals surface area (Å²) < 4.78 is 0. The Labute approximate surface area is 168 Å². The van der Waals surface area contributed by atoms with Gasteiger partial charge >= 0.3 is 0 Å². The highest BCUT2D eigenvalue weighted by Crippen LogP contribution is 2.37. The molecule has 0 unspecified atom stereocenters. The number of hydrogen-bond acceptors (Lipinski definition) is 4. The van der Waals surface area contributed by atoms with Gasteiger partial charge in [0.05, 0.1) is 5.54 Å². The molecule has 156 valence electrons. The molecule has 0 spiro atoms. The first-order chi connectivity index (χ1) is 13.6. The quantitative estimate of drug-likeness (QED) is 0.711. The van der Waals surface area contributed by atoms with Crippen LogP contribution in [-0.4, -0.2) is 65.6 Å². The number of nitrogens with zero attached hydrogens (tertiary/aromatic N) is 2. The van der Waals surface area contributed by atoms with Crippen molar-refractivity contribution in [1.29, 1.82) is 5.41 Å². The summed E-state index contributed by atoms with van der Waals surface area (Å²) in [7, 11) is 0. The van der Waals surface area contributed by atoms with Gasteiger partial charge in [-0.2, -0.15) is 0 Å². The average molecular weight is 389 g/mol. The topological polar surface area (TPSA) is 76.5 Å². The number of carbonyl (C=O) groups excluding carboxylic acids is 2. The van der Waals surface area contributed by atoms with Gasteiger partial charge in [-0.1, -0.05) is 32.1 Å². The van der Waals surface area contributed by atoms with E-state index in [4.69, 9.17) is 5.41 Å². The largest absolute Gasteiger partial charge is 0.345 e. The van der Waals surface area contributed by atoms with E-state index >= 15 is 0 Å². The minimum absolute atomic E-state index is 0.000100. The van der Waals surface area contributed by atoms with E-state index in [-0.39, 0.29) is 23.7 Å². The Morgan fingerprint density at radius 1 is 0.857 bits per heavy atom. The fraction of sp³-hybridized carbons (Fsp3) is 0.864. The highest BCUT2D eigenvalue weighted by molar-refractivity contribution is 5.91. The van der Waals surface area contributed by atoms with Crippen LogP contribution in [0.15, 0.2) is 0 Å². The van der Waals surface area contributed by atoms with Crippen molar-refractivity contribution in [3.05, 3.63) is 0 Å². The number of amides is 2. The molecule has 0 aromatic rings. The maximum absolute atomic E-state index is 13.3. The summed E-state index contributed by atoms with van der Waals surface area (Å²) in [6.45, 7) is 3.59. The van der Waals surface area contributed by atoms with Gasteiger partial charge in [0.1, 0.15) is 0 Å². The molecule has 2 N–H and O–H groups in total. The van der Waals surface area contributed by atoms with Crippen LogP contribution in [-0.2, 0) is 9.59 Å². The minimum Gasteiger partial charge on any atom is -0.345 e. The lowest BCUT2D eigenvalue weighted by Crippen LogP contribution is -2.55. The first-order valence-corrected chi connectivity index (χ1v) is 11.5. The van der Waals surface area contributed by atoms with E-state index in [0.717, 1.165) is 70.7 Å². The van der Waals surface area contributed by atoms with Crippen molar-refractivity contribution in [1.82, 2.24) is 15.1 Å². The highest BCUT2D eigenvalue weighted by Gasteiger charge is 2.46. The molecule has 1 aliphatic heterocycles. The van der Waals surface area contributed by atoms with Gasteiger partial charge < -0.3 is 15.6 Å². The Kier molecular flexibility index (Phi) is 6.04. The Morgan fingerprint density at radius 2 is 1.46 bits per heavy atom. The van der Waals surface area contributed by atoms with E-state index in [0.29, 0.717) is 0 Å². The summed E-state index contributed by atoms with van der Waals surface area (Å²) in [4.78, 5) is 30.8. The third-order valence-electron chi connectivity index (χ3n) is 7.57.